The summed E-state index contributed by atoms with van der Waals surface area (Å²) in [4.78, 5) is 4.22. The van der Waals surface area contributed by atoms with Gasteiger partial charge in [0.2, 0.25) is 10.0 Å². The van der Waals surface area contributed by atoms with Gasteiger partial charge in [-0.1, -0.05) is 11.3 Å². The molecule has 1 saturated carbocycles. The average molecular weight is 269 g/mol. The Kier molecular flexibility index (Phi) is 2.27. The molecule has 1 aliphatic carbocycles. The Morgan fingerprint density at radius 1 is 1.41 bits per heavy atom. The number of aromatic nitrogens is 1. The monoisotopic (exact) mass is 269 g/mol. The van der Waals surface area contributed by atoms with E-state index in [0.29, 0.717) is 10.8 Å². The molecule has 1 fully saturated rings. The van der Waals surface area contributed by atoms with Gasteiger partial charge in [-0.15, -0.1) is 0 Å². The van der Waals surface area contributed by atoms with Crippen molar-refractivity contribution in [2.45, 2.75) is 18.1 Å². The first-order chi connectivity index (χ1) is 8.04. The van der Waals surface area contributed by atoms with Gasteiger partial charge in [-0.25, -0.2) is 13.4 Å². The summed E-state index contributed by atoms with van der Waals surface area (Å²) in [7, 11) is -3.23. The molecule has 0 bridgehead atoms. The van der Waals surface area contributed by atoms with Crippen molar-refractivity contribution in [3.63, 3.8) is 0 Å². The van der Waals surface area contributed by atoms with Gasteiger partial charge in [-0.3, -0.25) is 4.72 Å². The number of nitrogen functional groups attached to an aromatic ring is 1. The Bertz CT molecular complexity index is 674. The van der Waals surface area contributed by atoms with E-state index in [1.807, 2.05) is 0 Å². The molecule has 0 saturated heterocycles. The molecule has 3 N–H and O–H groups in total. The number of fused-ring (bicyclic) bond motifs is 1. The van der Waals surface area contributed by atoms with Gasteiger partial charge in [0.1, 0.15) is 0 Å². The van der Waals surface area contributed by atoms with E-state index < -0.39 is 10.0 Å². The lowest BCUT2D eigenvalue weighted by molar-refractivity contribution is 0.600. The van der Waals surface area contributed by atoms with E-state index in [0.717, 1.165) is 23.1 Å². The van der Waals surface area contributed by atoms with E-state index in [-0.39, 0.29) is 5.25 Å². The van der Waals surface area contributed by atoms with E-state index >= 15 is 0 Å². The molecule has 1 aliphatic rings. The predicted octanol–water partition coefficient (Wildman–Crippen LogP) is 1.78. The van der Waals surface area contributed by atoms with Crippen LogP contribution in [0.25, 0.3) is 10.2 Å². The lowest BCUT2D eigenvalue weighted by Gasteiger charge is -2.01. The number of nitrogens with one attached hydrogen (secondary N) is 1. The van der Waals surface area contributed by atoms with E-state index in [1.165, 1.54) is 11.3 Å². The minimum atomic E-state index is -3.23. The molecular formula is C10H11N3O2S2. The highest BCUT2D eigenvalue weighted by Gasteiger charge is 2.36. The first-order valence-electron chi connectivity index (χ1n) is 5.22. The highest BCUT2D eigenvalue weighted by molar-refractivity contribution is 7.93. The summed E-state index contributed by atoms with van der Waals surface area (Å²) in [6.45, 7) is 0. The zero-order chi connectivity index (χ0) is 12.0. The molecule has 0 unspecified atom stereocenters. The summed E-state index contributed by atoms with van der Waals surface area (Å²) >= 11 is 1.30. The Balaban J connectivity index is 1.96. The second-order valence-electron chi connectivity index (χ2n) is 4.09. The molecule has 0 spiro atoms. The number of rotatable bonds is 3. The topological polar surface area (TPSA) is 85.1 Å². The lowest BCUT2D eigenvalue weighted by Crippen LogP contribution is -2.16. The fourth-order valence-corrected chi connectivity index (χ4v) is 4.06. The smallest absolute Gasteiger partial charge is 0.237 e. The van der Waals surface area contributed by atoms with Crippen LogP contribution in [-0.4, -0.2) is 18.7 Å². The van der Waals surface area contributed by atoms with Gasteiger partial charge in [0.05, 0.1) is 15.5 Å². The minimum Gasteiger partial charge on any atom is -0.399 e. The number of nitrogens with zero attached hydrogens (tertiary/aromatic N) is 1. The second kappa shape index (κ2) is 3.58. The van der Waals surface area contributed by atoms with Crippen LogP contribution in [0.5, 0.6) is 0 Å². The zero-order valence-electron chi connectivity index (χ0n) is 8.88. The van der Waals surface area contributed by atoms with Crippen LogP contribution < -0.4 is 10.5 Å². The quantitative estimate of drug-likeness (QED) is 0.832. The molecule has 2 aromatic rings. The van der Waals surface area contributed by atoms with Crippen LogP contribution in [0.4, 0.5) is 10.8 Å². The highest BCUT2D eigenvalue weighted by atomic mass is 32.2. The molecule has 17 heavy (non-hydrogen) atoms. The van der Waals surface area contributed by atoms with Crippen molar-refractivity contribution in [1.82, 2.24) is 4.98 Å². The normalized spacial score (nSPS) is 16.2. The first kappa shape index (κ1) is 10.8. The van der Waals surface area contributed by atoms with Crippen LogP contribution in [0.2, 0.25) is 0 Å². The van der Waals surface area contributed by atoms with Crippen LogP contribution in [0.3, 0.4) is 0 Å². The summed E-state index contributed by atoms with van der Waals surface area (Å²) in [5, 5.41) is 0.178. The number of sulfonamides is 1. The summed E-state index contributed by atoms with van der Waals surface area (Å²) in [6, 6.07) is 5.33. The summed E-state index contributed by atoms with van der Waals surface area (Å²) in [5.74, 6) is 0. The van der Waals surface area contributed by atoms with Gasteiger partial charge < -0.3 is 5.73 Å². The Labute approximate surface area is 103 Å². The molecule has 5 nitrogen and oxygen atoms in total. The molecule has 0 amide bonds. The average Bonchev–Trinajstić information content (AvgIpc) is 3.01. The number of thiazole rings is 1. The first-order valence-corrected chi connectivity index (χ1v) is 7.58. The van der Waals surface area contributed by atoms with Gasteiger partial charge in [0.15, 0.2) is 5.13 Å². The molecule has 90 valence electrons. The van der Waals surface area contributed by atoms with Crippen molar-refractivity contribution < 1.29 is 8.42 Å². The molecule has 7 heteroatoms. The minimum absolute atomic E-state index is 0.236. The van der Waals surface area contributed by atoms with Crippen molar-refractivity contribution in [3.8, 4) is 0 Å². The summed E-state index contributed by atoms with van der Waals surface area (Å²) < 4.78 is 26.9. The second-order valence-corrected chi connectivity index (χ2v) is 7.08. The molecule has 0 atom stereocenters. The number of hydrogen-bond acceptors (Lipinski definition) is 5. The maximum atomic E-state index is 11.7. The number of benzene rings is 1. The third-order valence-corrected chi connectivity index (χ3v) is 5.50. The van der Waals surface area contributed by atoms with E-state index in [1.54, 1.807) is 18.2 Å². The van der Waals surface area contributed by atoms with Crippen molar-refractivity contribution >= 4 is 42.4 Å². The van der Waals surface area contributed by atoms with Crippen molar-refractivity contribution in [2.75, 3.05) is 10.5 Å². The fourth-order valence-electron chi connectivity index (χ4n) is 1.57. The Morgan fingerprint density at radius 2 is 2.18 bits per heavy atom. The van der Waals surface area contributed by atoms with E-state index in [9.17, 15) is 8.42 Å². The fraction of sp³-hybridized carbons (Fsp3) is 0.300. The van der Waals surface area contributed by atoms with Crippen LogP contribution >= 0.6 is 11.3 Å². The molecule has 0 aliphatic heterocycles. The van der Waals surface area contributed by atoms with Crippen LogP contribution in [0.15, 0.2) is 18.2 Å². The standard InChI is InChI=1S/C10H11N3O2S2/c11-6-1-4-8-9(5-6)16-10(12-8)13-17(14,15)7-2-3-7/h1,4-5,7H,2-3,11H2,(H,12,13). The highest BCUT2D eigenvalue weighted by Crippen LogP contribution is 2.33. The lowest BCUT2D eigenvalue weighted by atomic mass is 10.3. The van der Waals surface area contributed by atoms with Gasteiger partial charge in [-0.2, -0.15) is 0 Å². The molecular weight excluding hydrogens is 258 g/mol. The van der Waals surface area contributed by atoms with Crippen molar-refractivity contribution in [3.05, 3.63) is 18.2 Å². The third kappa shape index (κ3) is 2.07. The van der Waals surface area contributed by atoms with Crippen LogP contribution in [0.1, 0.15) is 12.8 Å². The van der Waals surface area contributed by atoms with E-state index in [4.69, 9.17) is 5.73 Å². The molecule has 1 aromatic carbocycles. The Hall–Kier alpha value is -1.34. The Morgan fingerprint density at radius 3 is 2.88 bits per heavy atom. The number of hydrogen-bond donors (Lipinski definition) is 2. The predicted molar refractivity (Wildman–Crippen MR) is 69.6 cm³/mol. The zero-order valence-corrected chi connectivity index (χ0v) is 10.5. The number of anilines is 2. The third-order valence-electron chi connectivity index (χ3n) is 2.61. The molecule has 3 rings (SSSR count). The van der Waals surface area contributed by atoms with Gasteiger partial charge in [-0.05, 0) is 31.0 Å². The largest absolute Gasteiger partial charge is 0.399 e. The SMILES string of the molecule is Nc1ccc2nc(NS(=O)(=O)C3CC3)sc2c1. The summed E-state index contributed by atoms with van der Waals surface area (Å²) in [5.41, 5.74) is 7.07. The summed E-state index contributed by atoms with van der Waals surface area (Å²) in [6.07, 6.45) is 1.49. The molecule has 1 aromatic heterocycles. The van der Waals surface area contributed by atoms with Gasteiger partial charge >= 0.3 is 0 Å². The van der Waals surface area contributed by atoms with Crippen LogP contribution in [-0.2, 0) is 10.0 Å². The number of nitrogens with two attached hydrogens (primary N) is 1. The van der Waals surface area contributed by atoms with Gasteiger partial charge in [0, 0.05) is 5.69 Å². The van der Waals surface area contributed by atoms with Gasteiger partial charge in [0.25, 0.3) is 0 Å². The maximum absolute atomic E-state index is 11.7. The molecule has 0 radical (unpaired) electrons. The van der Waals surface area contributed by atoms with Crippen LogP contribution in [0, 0.1) is 0 Å². The van der Waals surface area contributed by atoms with Crippen molar-refractivity contribution in [2.24, 2.45) is 0 Å². The van der Waals surface area contributed by atoms with Crippen molar-refractivity contribution in [1.29, 1.82) is 0 Å². The maximum Gasteiger partial charge on any atom is 0.237 e. The van der Waals surface area contributed by atoms with E-state index in [2.05, 4.69) is 9.71 Å². The molecule has 1 heterocycles.